The topological polar surface area (TPSA) is 29.1 Å². The molecule has 14 heavy (non-hydrogen) atoms. The van der Waals surface area contributed by atoms with Gasteiger partial charge in [-0.1, -0.05) is 6.92 Å². The van der Waals surface area contributed by atoms with Crippen molar-refractivity contribution >= 4 is 17.5 Å². The van der Waals surface area contributed by atoms with Crippen LogP contribution in [0.1, 0.15) is 20.3 Å². The third-order valence-electron chi connectivity index (χ3n) is 1.61. The number of alkyl halides is 4. The Morgan fingerprint density at radius 1 is 1.43 bits per heavy atom. The van der Waals surface area contributed by atoms with Crippen molar-refractivity contribution in [3.8, 4) is 0 Å². The van der Waals surface area contributed by atoms with Gasteiger partial charge in [-0.15, -0.1) is 11.6 Å². The van der Waals surface area contributed by atoms with E-state index in [4.69, 9.17) is 11.6 Å². The Morgan fingerprint density at radius 3 is 2.29 bits per heavy atom. The summed E-state index contributed by atoms with van der Waals surface area (Å²) in [7, 11) is 0. The van der Waals surface area contributed by atoms with E-state index in [-0.39, 0.29) is 5.88 Å². The van der Waals surface area contributed by atoms with E-state index in [0.29, 0.717) is 0 Å². The highest BCUT2D eigenvalue weighted by molar-refractivity contribution is 6.19. The van der Waals surface area contributed by atoms with Crippen LogP contribution >= 0.6 is 11.6 Å². The van der Waals surface area contributed by atoms with Crippen molar-refractivity contribution in [3.05, 3.63) is 0 Å². The van der Waals surface area contributed by atoms with Crippen LogP contribution in [0.5, 0.6) is 0 Å². The summed E-state index contributed by atoms with van der Waals surface area (Å²) in [6.07, 6.45) is -5.27. The van der Waals surface area contributed by atoms with Gasteiger partial charge < -0.3 is 5.32 Å². The highest BCUT2D eigenvalue weighted by atomic mass is 35.5. The summed E-state index contributed by atoms with van der Waals surface area (Å²) in [6, 6.07) is -0.909. The lowest BCUT2D eigenvalue weighted by Crippen LogP contribution is -2.39. The Hall–Kier alpha value is -0.450. The summed E-state index contributed by atoms with van der Waals surface area (Å²) >= 11 is 5.38. The van der Waals surface area contributed by atoms with Crippen LogP contribution in [-0.2, 0) is 4.79 Å². The van der Waals surface area contributed by atoms with Gasteiger partial charge in [-0.3, -0.25) is 4.79 Å². The zero-order chi connectivity index (χ0) is 11.4. The smallest absolute Gasteiger partial charge is 0.353 e. The fraction of sp³-hybridized carbons (Fsp3) is 0.875. The number of carbonyl (C=O) groups is 1. The van der Waals surface area contributed by atoms with E-state index in [1.54, 1.807) is 6.92 Å². The minimum absolute atomic E-state index is 0.102. The third-order valence-corrected chi connectivity index (χ3v) is 2.07. The van der Waals surface area contributed by atoms with Crippen LogP contribution < -0.4 is 5.32 Å². The number of carbonyl (C=O) groups excluding carboxylic acids is 1. The zero-order valence-electron chi connectivity index (χ0n) is 7.99. The van der Waals surface area contributed by atoms with E-state index in [2.05, 4.69) is 5.32 Å². The first-order valence-corrected chi connectivity index (χ1v) is 4.72. The first-order valence-electron chi connectivity index (χ1n) is 4.19. The number of amides is 1. The predicted octanol–water partition coefficient (Wildman–Crippen LogP) is 2.32. The zero-order valence-corrected chi connectivity index (χ0v) is 8.74. The van der Waals surface area contributed by atoms with Crippen molar-refractivity contribution < 1.29 is 18.0 Å². The highest BCUT2D eigenvalue weighted by Gasteiger charge is 2.30. The van der Waals surface area contributed by atoms with Gasteiger partial charge in [-0.05, 0) is 6.92 Å². The Balaban J connectivity index is 3.95. The second-order valence-electron chi connectivity index (χ2n) is 3.28. The molecule has 84 valence electrons. The molecule has 0 radical (unpaired) electrons. The molecule has 0 saturated heterocycles. The van der Waals surface area contributed by atoms with Crippen LogP contribution in [-0.4, -0.2) is 24.0 Å². The maximum absolute atomic E-state index is 11.9. The van der Waals surface area contributed by atoms with Crippen molar-refractivity contribution in [1.29, 1.82) is 0 Å². The van der Waals surface area contributed by atoms with E-state index in [1.165, 1.54) is 6.92 Å². The molecule has 2 unspecified atom stereocenters. The summed E-state index contributed by atoms with van der Waals surface area (Å²) in [5.41, 5.74) is 0. The van der Waals surface area contributed by atoms with Gasteiger partial charge in [-0.2, -0.15) is 13.2 Å². The summed E-state index contributed by atoms with van der Waals surface area (Å²) in [4.78, 5) is 11.1. The fourth-order valence-corrected chi connectivity index (χ4v) is 0.994. The lowest BCUT2D eigenvalue weighted by molar-refractivity contribution is -0.142. The first kappa shape index (κ1) is 13.5. The van der Waals surface area contributed by atoms with Gasteiger partial charge in [0.05, 0.1) is 6.42 Å². The molecule has 0 spiro atoms. The molecule has 2 atom stereocenters. The Bertz CT molecular complexity index is 196. The van der Waals surface area contributed by atoms with Crippen molar-refractivity contribution in [2.45, 2.75) is 32.5 Å². The van der Waals surface area contributed by atoms with E-state index < -0.39 is 30.5 Å². The lowest BCUT2D eigenvalue weighted by atomic mass is 10.1. The molecule has 1 amide bonds. The molecule has 0 fully saturated rings. The number of nitrogens with one attached hydrogen (secondary N) is 1. The van der Waals surface area contributed by atoms with E-state index in [0.717, 1.165) is 0 Å². The summed E-state index contributed by atoms with van der Waals surface area (Å²) < 4.78 is 35.6. The third kappa shape index (κ3) is 6.07. The largest absolute Gasteiger partial charge is 0.391 e. The normalized spacial score (nSPS) is 16.1. The molecule has 0 aromatic heterocycles. The van der Waals surface area contributed by atoms with Gasteiger partial charge in [0.15, 0.2) is 0 Å². The first-order chi connectivity index (χ1) is 6.26. The molecule has 0 aromatic carbocycles. The molecular formula is C8H13ClF3NO. The molecule has 0 aliphatic heterocycles. The van der Waals surface area contributed by atoms with Crippen LogP contribution in [0.3, 0.4) is 0 Å². The summed E-state index contributed by atoms with van der Waals surface area (Å²) in [5, 5.41) is 2.24. The number of hydrogen-bond donors (Lipinski definition) is 1. The van der Waals surface area contributed by atoms with Gasteiger partial charge in [0.1, 0.15) is 0 Å². The SMILES string of the molecule is CC(CC(F)(F)F)NC(=O)C(C)CCl. The van der Waals surface area contributed by atoms with Crippen molar-refractivity contribution in [2.24, 2.45) is 5.92 Å². The van der Waals surface area contributed by atoms with Crippen LogP contribution in [0, 0.1) is 5.92 Å². The molecule has 0 saturated carbocycles. The number of halogens is 4. The van der Waals surface area contributed by atoms with E-state index in [9.17, 15) is 18.0 Å². The maximum Gasteiger partial charge on any atom is 0.391 e. The highest BCUT2D eigenvalue weighted by Crippen LogP contribution is 2.21. The molecule has 2 nitrogen and oxygen atoms in total. The van der Waals surface area contributed by atoms with Crippen molar-refractivity contribution in [2.75, 3.05) is 5.88 Å². The Kier molecular flexibility index (Phi) is 5.26. The standard InChI is InChI=1S/C8H13ClF3NO/c1-5(4-9)7(14)13-6(2)3-8(10,11)12/h5-6H,3-4H2,1-2H3,(H,13,14). The molecule has 0 rings (SSSR count). The number of hydrogen-bond acceptors (Lipinski definition) is 1. The summed E-state index contributed by atoms with van der Waals surface area (Å²) in [6.45, 7) is 2.87. The second kappa shape index (κ2) is 5.44. The van der Waals surface area contributed by atoms with Crippen LogP contribution in [0.15, 0.2) is 0 Å². The molecule has 6 heteroatoms. The maximum atomic E-state index is 11.9. The average molecular weight is 232 g/mol. The molecule has 0 aromatic rings. The Morgan fingerprint density at radius 2 is 1.93 bits per heavy atom. The lowest BCUT2D eigenvalue weighted by Gasteiger charge is -2.17. The molecule has 1 N–H and O–H groups in total. The molecule has 0 aliphatic rings. The molecule has 0 bridgehead atoms. The van der Waals surface area contributed by atoms with Crippen molar-refractivity contribution in [1.82, 2.24) is 5.32 Å². The Labute approximate surface area is 85.8 Å². The second-order valence-corrected chi connectivity index (χ2v) is 3.59. The van der Waals surface area contributed by atoms with Gasteiger partial charge in [0.2, 0.25) is 5.91 Å². The van der Waals surface area contributed by atoms with E-state index in [1.807, 2.05) is 0 Å². The van der Waals surface area contributed by atoms with Crippen LogP contribution in [0.4, 0.5) is 13.2 Å². The minimum atomic E-state index is -4.25. The monoisotopic (exact) mass is 231 g/mol. The molecule has 0 aliphatic carbocycles. The molecule has 0 heterocycles. The van der Waals surface area contributed by atoms with Crippen LogP contribution in [0.2, 0.25) is 0 Å². The predicted molar refractivity (Wildman–Crippen MR) is 48.2 cm³/mol. The summed E-state index contributed by atoms with van der Waals surface area (Å²) in [5.74, 6) is -0.811. The number of rotatable bonds is 4. The molecular weight excluding hydrogens is 219 g/mol. The van der Waals surface area contributed by atoms with Gasteiger partial charge in [0.25, 0.3) is 0 Å². The van der Waals surface area contributed by atoms with Gasteiger partial charge in [-0.25, -0.2) is 0 Å². The van der Waals surface area contributed by atoms with Gasteiger partial charge >= 0.3 is 6.18 Å². The van der Waals surface area contributed by atoms with Gasteiger partial charge in [0, 0.05) is 17.8 Å². The van der Waals surface area contributed by atoms with E-state index >= 15 is 0 Å². The average Bonchev–Trinajstić information content (AvgIpc) is 1.99. The van der Waals surface area contributed by atoms with Crippen LogP contribution in [0.25, 0.3) is 0 Å². The quantitative estimate of drug-likeness (QED) is 0.740. The van der Waals surface area contributed by atoms with Crippen molar-refractivity contribution in [3.63, 3.8) is 0 Å². The fourth-order valence-electron chi connectivity index (χ4n) is 0.853. The minimum Gasteiger partial charge on any atom is -0.353 e.